The van der Waals surface area contributed by atoms with Crippen LogP contribution in [0, 0.1) is 5.92 Å². The molecule has 2 aliphatic heterocycles. The Morgan fingerprint density at radius 2 is 1.89 bits per heavy atom. The van der Waals surface area contributed by atoms with E-state index >= 15 is 0 Å². The van der Waals surface area contributed by atoms with E-state index in [2.05, 4.69) is 15.1 Å². The molecule has 2 fully saturated rings. The van der Waals surface area contributed by atoms with Crippen LogP contribution >= 0.6 is 0 Å². The SMILES string of the molecule is CCC(=O)Nc1cc(C(=O)O)ccc1N1CCC(CCN2CCOCC2)CC1. The Hall–Kier alpha value is -2.12. The Kier molecular flexibility index (Phi) is 7.28. The van der Waals surface area contributed by atoms with E-state index in [0.717, 1.165) is 64.5 Å². The number of aromatic carboxylic acids is 1. The van der Waals surface area contributed by atoms with E-state index in [4.69, 9.17) is 4.74 Å². The Bertz CT molecular complexity index is 680. The van der Waals surface area contributed by atoms with Crippen LogP contribution in [-0.4, -0.2) is 67.8 Å². The van der Waals surface area contributed by atoms with Crippen LogP contribution in [0.5, 0.6) is 0 Å². The summed E-state index contributed by atoms with van der Waals surface area (Å²) in [6, 6.07) is 5.00. The van der Waals surface area contributed by atoms with Gasteiger partial charge in [0, 0.05) is 32.6 Å². The number of hydrogen-bond donors (Lipinski definition) is 2. The molecule has 0 aliphatic carbocycles. The molecule has 1 aromatic rings. The third-order valence-corrected chi connectivity index (χ3v) is 5.75. The minimum absolute atomic E-state index is 0.107. The lowest BCUT2D eigenvalue weighted by Gasteiger charge is -2.36. The van der Waals surface area contributed by atoms with Crippen molar-refractivity contribution in [2.45, 2.75) is 32.6 Å². The lowest BCUT2D eigenvalue weighted by Crippen LogP contribution is -2.39. The van der Waals surface area contributed by atoms with E-state index in [0.29, 0.717) is 18.0 Å². The molecule has 7 heteroatoms. The number of rotatable bonds is 7. The number of nitrogens with zero attached hydrogens (tertiary/aromatic N) is 2. The predicted octanol–water partition coefficient (Wildman–Crippen LogP) is 2.67. The number of hydrogen-bond acceptors (Lipinski definition) is 5. The number of carboxylic acid groups (broad SMARTS) is 1. The summed E-state index contributed by atoms with van der Waals surface area (Å²) in [6.45, 7) is 8.54. The lowest BCUT2D eigenvalue weighted by molar-refractivity contribution is -0.115. The van der Waals surface area contributed by atoms with Gasteiger partial charge in [-0.15, -0.1) is 0 Å². The van der Waals surface area contributed by atoms with Crippen LogP contribution in [0.2, 0.25) is 0 Å². The first-order valence-electron chi connectivity index (χ1n) is 10.3. The fraction of sp³-hybridized carbons (Fsp3) is 0.619. The fourth-order valence-corrected chi connectivity index (χ4v) is 3.94. The van der Waals surface area contributed by atoms with Crippen molar-refractivity contribution in [3.05, 3.63) is 23.8 Å². The predicted molar refractivity (Wildman–Crippen MR) is 109 cm³/mol. The highest BCUT2D eigenvalue weighted by atomic mass is 16.5. The Labute approximate surface area is 166 Å². The lowest BCUT2D eigenvalue weighted by atomic mass is 9.92. The molecule has 0 radical (unpaired) electrons. The number of ether oxygens (including phenoxy) is 1. The van der Waals surface area contributed by atoms with Crippen LogP contribution in [0.15, 0.2) is 18.2 Å². The van der Waals surface area contributed by atoms with Gasteiger partial charge >= 0.3 is 5.97 Å². The summed E-state index contributed by atoms with van der Waals surface area (Å²) in [5, 5.41) is 12.1. The normalized spacial score (nSPS) is 18.8. The molecule has 1 aromatic carbocycles. The summed E-state index contributed by atoms with van der Waals surface area (Å²) in [5.41, 5.74) is 1.70. The van der Waals surface area contributed by atoms with Gasteiger partial charge in [0.25, 0.3) is 0 Å². The molecule has 0 bridgehead atoms. The van der Waals surface area contributed by atoms with Crippen molar-refractivity contribution in [2.24, 2.45) is 5.92 Å². The van der Waals surface area contributed by atoms with Crippen LogP contribution in [0.3, 0.4) is 0 Å². The second-order valence-electron chi connectivity index (χ2n) is 7.61. The van der Waals surface area contributed by atoms with Gasteiger partial charge in [-0.1, -0.05) is 6.92 Å². The molecule has 7 nitrogen and oxygen atoms in total. The molecule has 0 spiro atoms. The Morgan fingerprint density at radius 3 is 2.54 bits per heavy atom. The number of amides is 1. The maximum Gasteiger partial charge on any atom is 0.335 e. The van der Waals surface area contributed by atoms with E-state index in [9.17, 15) is 14.7 Å². The van der Waals surface area contributed by atoms with Crippen molar-refractivity contribution in [2.75, 3.05) is 56.2 Å². The Morgan fingerprint density at radius 1 is 1.18 bits per heavy atom. The van der Waals surface area contributed by atoms with Crippen molar-refractivity contribution in [3.63, 3.8) is 0 Å². The zero-order valence-corrected chi connectivity index (χ0v) is 16.7. The highest BCUT2D eigenvalue weighted by molar-refractivity contribution is 5.97. The Balaban J connectivity index is 1.59. The minimum Gasteiger partial charge on any atom is -0.478 e. The molecule has 0 aromatic heterocycles. The maximum absolute atomic E-state index is 11.9. The van der Waals surface area contributed by atoms with Gasteiger partial charge in [0.1, 0.15) is 0 Å². The van der Waals surface area contributed by atoms with Crippen LogP contribution in [-0.2, 0) is 9.53 Å². The van der Waals surface area contributed by atoms with E-state index in [-0.39, 0.29) is 11.5 Å². The van der Waals surface area contributed by atoms with E-state index in [1.54, 1.807) is 19.1 Å². The second kappa shape index (κ2) is 9.89. The van der Waals surface area contributed by atoms with Gasteiger partial charge < -0.3 is 20.1 Å². The highest BCUT2D eigenvalue weighted by Crippen LogP contribution is 2.32. The number of nitrogens with one attached hydrogen (secondary N) is 1. The standard InChI is InChI=1S/C21H31N3O4/c1-2-20(25)22-18-15-17(21(26)27)3-4-19(18)24-9-6-16(7-10-24)5-8-23-11-13-28-14-12-23/h3-4,15-16H,2,5-14H2,1H3,(H,22,25)(H,26,27). The molecule has 0 unspecified atom stereocenters. The zero-order chi connectivity index (χ0) is 19.9. The number of carbonyl (C=O) groups is 2. The van der Waals surface area contributed by atoms with Crippen LogP contribution < -0.4 is 10.2 Å². The summed E-state index contributed by atoms with van der Waals surface area (Å²) in [7, 11) is 0. The van der Waals surface area contributed by atoms with Crippen LogP contribution in [0.25, 0.3) is 0 Å². The minimum atomic E-state index is -0.986. The second-order valence-corrected chi connectivity index (χ2v) is 7.61. The van der Waals surface area contributed by atoms with Crippen molar-refractivity contribution in [1.82, 2.24) is 4.90 Å². The summed E-state index contributed by atoms with van der Waals surface area (Å²) < 4.78 is 5.41. The van der Waals surface area contributed by atoms with Gasteiger partial charge in [-0.3, -0.25) is 9.69 Å². The largest absolute Gasteiger partial charge is 0.478 e. The quantitative estimate of drug-likeness (QED) is 0.746. The number of carboxylic acids is 1. The average Bonchev–Trinajstić information content (AvgIpc) is 2.73. The van der Waals surface area contributed by atoms with Gasteiger partial charge in [-0.25, -0.2) is 4.79 Å². The van der Waals surface area contributed by atoms with E-state index in [1.165, 1.54) is 6.42 Å². The summed E-state index contributed by atoms with van der Waals surface area (Å²) in [6.07, 6.45) is 3.81. The van der Waals surface area contributed by atoms with Gasteiger partial charge in [0.2, 0.25) is 5.91 Å². The van der Waals surface area contributed by atoms with Gasteiger partial charge in [-0.2, -0.15) is 0 Å². The van der Waals surface area contributed by atoms with Gasteiger partial charge in [0.05, 0.1) is 30.2 Å². The summed E-state index contributed by atoms with van der Waals surface area (Å²) in [5.74, 6) is -0.379. The third kappa shape index (κ3) is 5.45. The summed E-state index contributed by atoms with van der Waals surface area (Å²) in [4.78, 5) is 27.9. The molecule has 2 N–H and O–H groups in total. The first-order valence-corrected chi connectivity index (χ1v) is 10.3. The molecule has 28 heavy (non-hydrogen) atoms. The molecule has 2 aliphatic rings. The number of carbonyl (C=O) groups excluding carboxylic acids is 1. The van der Waals surface area contributed by atoms with Crippen molar-refractivity contribution in [1.29, 1.82) is 0 Å². The molecule has 3 rings (SSSR count). The zero-order valence-electron chi connectivity index (χ0n) is 16.7. The fourth-order valence-electron chi connectivity index (χ4n) is 3.94. The van der Waals surface area contributed by atoms with Gasteiger partial charge in [-0.05, 0) is 49.9 Å². The third-order valence-electron chi connectivity index (χ3n) is 5.75. The molecular formula is C21H31N3O4. The van der Waals surface area contributed by atoms with Crippen LogP contribution in [0.1, 0.15) is 43.0 Å². The first kappa shape index (κ1) is 20.6. The molecule has 0 saturated carbocycles. The smallest absolute Gasteiger partial charge is 0.335 e. The van der Waals surface area contributed by atoms with Crippen molar-refractivity contribution < 1.29 is 19.4 Å². The number of morpholine rings is 1. The van der Waals surface area contributed by atoms with Crippen molar-refractivity contribution in [3.8, 4) is 0 Å². The van der Waals surface area contributed by atoms with Gasteiger partial charge in [0.15, 0.2) is 0 Å². The number of anilines is 2. The van der Waals surface area contributed by atoms with Crippen LogP contribution in [0.4, 0.5) is 11.4 Å². The molecule has 154 valence electrons. The van der Waals surface area contributed by atoms with E-state index < -0.39 is 5.97 Å². The highest BCUT2D eigenvalue weighted by Gasteiger charge is 2.23. The average molecular weight is 389 g/mol. The molecule has 0 atom stereocenters. The summed E-state index contributed by atoms with van der Waals surface area (Å²) >= 11 is 0. The first-order chi connectivity index (χ1) is 13.6. The topological polar surface area (TPSA) is 82.1 Å². The molecule has 1 amide bonds. The number of piperidine rings is 1. The monoisotopic (exact) mass is 389 g/mol. The number of benzene rings is 1. The molecular weight excluding hydrogens is 358 g/mol. The van der Waals surface area contributed by atoms with Crippen molar-refractivity contribution >= 4 is 23.3 Å². The maximum atomic E-state index is 11.9. The van der Waals surface area contributed by atoms with E-state index in [1.807, 2.05) is 6.07 Å². The molecule has 2 heterocycles. The molecule has 2 saturated heterocycles.